The Hall–Kier alpha value is -4.21. The second-order valence-corrected chi connectivity index (χ2v) is 9.53. The molecule has 0 aliphatic carbocycles. The molecule has 0 saturated carbocycles. The monoisotopic (exact) mass is 581 g/mol. The number of nitrogens with zero attached hydrogens (tertiary/aromatic N) is 1. The van der Waals surface area contributed by atoms with Crippen LogP contribution in [0.1, 0.15) is 35.3 Å². The number of carbonyl (C=O) groups is 2. The number of hydrogen-bond donors (Lipinski definition) is 1. The van der Waals surface area contributed by atoms with E-state index in [0.717, 1.165) is 12.2 Å². The lowest BCUT2D eigenvalue weighted by Gasteiger charge is -2.28. The van der Waals surface area contributed by atoms with Crippen molar-refractivity contribution < 1.29 is 38.4 Å². The Morgan fingerprint density at radius 1 is 1.02 bits per heavy atom. The molecule has 1 N–H and O–H groups in total. The predicted molar refractivity (Wildman–Crippen MR) is 154 cm³/mol. The third-order valence-electron chi connectivity index (χ3n) is 6.61. The Bertz CT molecular complexity index is 1450. The molecule has 1 aliphatic heterocycles. The summed E-state index contributed by atoms with van der Waals surface area (Å²) in [6.07, 6.45) is 1.02. The molecule has 0 fully saturated rings. The van der Waals surface area contributed by atoms with Crippen LogP contribution in [-0.2, 0) is 20.9 Å². The summed E-state index contributed by atoms with van der Waals surface area (Å²) in [5, 5.41) is 12.1. The molecule has 3 aromatic rings. The summed E-state index contributed by atoms with van der Waals surface area (Å²) >= 11 is 6.40. The summed E-state index contributed by atoms with van der Waals surface area (Å²) in [4.78, 5) is 27.1. The minimum atomic E-state index is -1.18. The number of anilines is 1. The zero-order valence-electron chi connectivity index (χ0n) is 23.3. The van der Waals surface area contributed by atoms with Crippen LogP contribution >= 0.6 is 11.6 Å². The van der Waals surface area contributed by atoms with Crippen LogP contribution in [0.3, 0.4) is 0 Å². The highest BCUT2D eigenvalue weighted by molar-refractivity contribution is 6.30. The van der Waals surface area contributed by atoms with Gasteiger partial charge in [-0.15, -0.1) is 0 Å². The quantitative estimate of drug-likeness (QED) is 0.258. The summed E-state index contributed by atoms with van der Waals surface area (Å²) in [7, 11) is 3.07. The zero-order valence-corrected chi connectivity index (χ0v) is 24.1. The highest BCUT2D eigenvalue weighted by Gasteiger charge is 2.27. The van der Waals surface area contributed by atoms with Gasteiger partial charge in [0.25, 0.3) is 5.91 Å². The second kappa shape index (κ2) is 13.4. The van der Waals surface area contributed by atoms with E-state index in [4.69, 9.17) is 35.3 Å². The third kappa shape index (κ3) is 6.75. The molecular formula is C31H32ClNO8. The van der Waals surface area contributed by atoms with Crippen LogP contribution < -0.4 is 23.8 Å². The molecule has 0 radical (unpaired) electrons. The molecule has 9 nitrogen and oxygen atoms in total. The van der Waals surface area contributed by atoms with Crippen LogP contribution in [0, 0.1) is 6.92 Å². The Labute approximate surface area is 243 Å². The second-order valence-electron chi connectivity index (χ2n) is 9.10. The minimum Gasteiger partial charge on any atom is -0.497 e. The summed E-state index contributed by atoms with van der Waals surface area (Å²) in [5.74, 6) is 1.07. The van der Waals surface area contributed by atoms with Crippen molar-refractivity contribution in [1.29, 1.82) is 0 Å². The fraction of sp³-hybridized carbons (Fsp3) is 0.290. The summed E-state index contributed by atoms with van der Waals surface area (Å²) < 4.78 is 27.3. The molecule has 0 spiro atoms. The van der Waals surface area contributed by atoms with E-state index < -0.39 is 18.0 Å². The molecule has 0 saturated heterocycles. The predicted octanol–water partition coefficient (Wildman–Crippen LogP) is 5.17. The molecule has 41 heavy (non-hydrogen) atoms. The lowest BCUT2D eigenvalue weighted by molar-refractivity contribution is -0.137. The molecule has 1 amide bonds. The van der Waals surface area contributed by atoms with Gasteiger partial charge < -0.3 is 33.7 Å². The maximum absolute atomic E-state index is 13.6. The number of halogens is 1. The van der Waals surface area contributed by atoms with Crippen molar-refractivity contribution in [3.63, 3.8) is 0 Å². The third-order valence-corrected chi connectivity index (χ3v) is 6.84. The highest BCUT2D eigenvalue weighted by atomic mass is 35.5. The Morgan fingerprint density at radius 2 is 1.80 bits per heavy atom. The first-order chi connectivity index (χ1) is 19.8. The van der Waals surface area contributed by atoms with Gasteiger partial charge in [0.15, 0.2) is 11.5 Å². The number of carbonyl (C=O) groups excluding carboxylic acids is 2. The smallest absolute Gasteiger partial charge is 0.330 e. The number of aliphatic hydroxyl groups excluding tert-OH is 1. The van der Waals surface area contributed by atoms with E-state index in [0.29, 0.717) is 69.2 Å². The van der Waals surface area contributed by atoms with Gasteiger partial charge in [0.2, 0.25) is 0 Å². The largest absolute Gasteiger partial charge is 0.497 e. The summed E-state index contributed by atoms with van der Waals surface area (Å²) in [6, 6.07) is 13.6. The number of ether oxygens (including phenoxy) is 5. The molecule has 10 heteroatoms. The number of amides is 1. The maximum atomic E-state index is 13.6. The molecule has 1 heterocycles. The Morgan fingerprint density at radius 3 is 2.54 bits per heavy atom. The van der Waals surface area contributed by atoms with Crippen LogP contribution in [-0.4, -0.2) is 51.0 Å². The molecule has 1 aliphatic rings. The molecule has 3 aromatic carbocycles. The Balaban J connectivity index is 1.81. The molecule has 216 valence electrons. The topological polar surface area (TPSA) is 104 Å². The Kier molecular flexibility index (Phi) is 9.75. The lowest BCUT2D eigenvalue weighted by Crippen LogP contribution is -2.30. The fourth-order valence-corrected chi connectivity index (χ4v) is 4.76. The first-order valence-electron chi connectivity index (χ1n) is 13.0. The van der Waals surface area contributed by atoms with Crippen LogP contribution in [0.25, 0.3) is 0 Å². The number of aliphatic hydroxyl groups is 1. The average Bonchev–Trinajstić information content (AvgIpc) is 2.99. The van der Waals surface area contributed by atoms with Gasteiger partial charge in [-0.05, 0) is 55.8 Å². The van der Waals surface area contributed by atoms with Gasteiger partial charge in [-0.2, -0.15) is 0 Å². The molecule has 0 bridgehead atoms. The van der Waals surface area contributed by atoms with E-state index >= 15 is 0 Å². The van der Waals surface area contributed by atoms with E-state index in [-0.39, 0.29) is 13.2 Å². The van der Waals surface area contributed by atoms with E-state index in [2.05, 4.69) is 0 Å². The average molecular weight is 582 g/mol. The van der Waals surface area contributed by atoms with Crippen molar-refractivity contribution in [1.82, 2.24) is 0 Å². The first-order valence-corrected chi connectivity index (χ1v) is 13.4. The van der Waals surface area contributed by atoms with Crippen molar-refractivity contribution in [2.75, 3.05) is 38.9 Å². The van der Waals surface area contributed by atoms with Crippen LogP contribution in [0.5, 0.6) is 23.0 Å². The van der Waals surface area contributed by atoms with Crippen LogP contribution in [0.4, 0.5) is 5.69 Å². The van der Waals surface area contributed by atoms with Gasteiger partial charge in [0.1, 0.15) is 30.8 Å². The number of rotatable bonds is 10. The van der Waals surface area contributed by atoms with E-state index in [9.17, 15) is 14.7 Å². The van der Waals surface area contributed by atoms with Crippen molar-refractivity contribution in [2.45, 2.75) is 26.5 Å². The van der Waals surface area contributed by atoms with Gasteiger partial charge in [-0.3, -0.25) is 4.79 Å². The van der Waals surface area contributed by atoms with E-state index in [1.165, 1.54) is 12.0 Å². The fourth-order valence-electron chi connectivity index (χ4n) is 4.58. The number of fused-ring (bicyclic) bond motifs is 1. The lowest BCUT2D eigenvalue weighted by atomic mass is 9.94. The van der Waals surface area contributed by atoms with Gasteiger partial charge >= 0.3 is 5.97 Å². The molecule has 1 unspecified atom stereocenters. The molecule has 1 atom stereocenters. The zero-order chi connectivity index (χ0) is 29.5. The van der Waals surface area contributed by atoms with Gasteiger partial charge in [-0.1, -0.05) is 17.7 Å². The highest BCUT2D eigenvalue weighted by Crippen LogP contribution is 2.41. The number of hydrogen-bond acceptors (Lipinski definition) is 8. The first kappa shape index (κ1) is 29.8. The number of esters is 1. The summed E-state index contributed by atoms with van der Waals surface area (Å²) in [5.41, 5.74) is 2.69. The molecule has 0 aromatic heterocycles. The van der Waals surface area contributed by atoms with Gasteiger partial charge in [0.05, 0.1) is 33.1 Å². The van der Waals surface area contributed by atoms with E-state index in [1.807, 2.05) is 6.92 Å². The maximum Gasteiger partial charge on any atom is 0.330 e. The normalized spacial score (nSPS) is 13.0. The van der Waals surface area contributed by atoms with Crippen molar-refractivity contribution in [3.8, 4) is 23.0 Å². The number of benzene rings is 3. The molecular weight excluding hydrogens is 550 g/mol. The van der Waals surface area contributed by atoms with Crippen molar-refractivity contribution in [2.24, 2.45) is 0 Å². The minimum absolute atomic E-state index is 0.0423. The summed E-state index contributed by atoms with van der Waals surface area (Å²) in [6.45, 7) is 4.57. The SMILES string of the molecule is CCOC(=O)/C=C/C(=O)N(Cc1ccc(OC)cc1OC)c1ccc(Cl)cc1C(O)c1ccc2c(c1C)OCCO2. The number of methoxy groups -OCH3 is 2. The standard InChI is InChI=1S/C31H32ClNO8/c1-5-39-29(35)13-12-28(34)33(18-20-6-8-22(37-3)17-27(20)38-4)25-10-7-21(32)16-24(25)30(36)23-9-11-26-31(19(23)2)41-15-14-40-26/h6-13,16-17,30,36H,5,14-15,18H2,1-4H3/b13-12+. The van der Waals surface area contributed by atoms with Crippen LogP contribution in [0.2, 0.25) is 5.02 Å². The molecule has 4 rings (SSSR count). The van der Waals surface area contributed by atoms with Crippen molar-refractivity contribution >= 4 is 29.2 Å². The van der Waals surface area contributed by atoms with Crippen LogP contribution in [0.15, 0.2) is 60.7 Å². The van der Waals surface area contributed by atoms with Crippen molar-refractivity contribution in [3.05, 3.63) is 88.0 Å². The van der Waals surface area contributed by atoms with Gasteiger partial charge in [-0.25, -0.2) is 4.79 Å². The van der Waals surface area contributed by atoms with Gasteiger partial charge in [0, 0.05) is 39.9 Å². The van der Waals surface area contributed by atoms with E-state index in [1.54, 1.807) is 62.6 Å².